The van der Waals surface area contributed by atoms with Crippen LogP contribution in [0.25, 0.3) is 0 Å². The molecule has 76 valence electrons. The molecular weight excluding hydrogens is 178 g/mol. The smallest absolute Gasteiger partial charge is 0.0702 e. The topological polar surface area (TPSA) is 52.5 Å². The van der Waals surface area contributed by atoms with Crippen molar-refractivity contribution in [1.82, 2.24) is 0 Å². The highest BCUT2D eigenvalue weighted by atomic mass is 16.3. The molecule has 0 aliphatic carbocycles. The maximum atomic E-state index is 9.15. The molecule has 3 nitrogen and oxygen atoms in total. The number of nitrogens with one attached hydrogen (secondary N) is 1. The molecule has 3 heteroatoms. The Balaban J connectivity index is 2.33. The van der Waals surface area contributed by atoms with Gasteiger partial charge in [-0.25, -0.2) is 0 Å². The lowest BCUT2D eigenvalue weighted by molar-refractivity contribution is 0.265. The summed E-state index contributed by atoms with van der Waals surface area (Å²) >= 11 is 0. The first-order valence-electron chi connectivity index (χ1n) is 4.94. The lowest BCUT2D eigenvalue weighted by Crippen LogP contribution is -2.29. The van der Waals surface area contributed by atoms with E-state index >= 15 is 0 Å². The van der Waals surface area contributed by atoms with Crippen molar-refractivity contribution in [3.63, 3.8) is 0 Å². The molecule has 0 saturated carbocycles. The van der Waals surface area contributed by atoms with E-state index in [1.54, 1.807) is 0 Å². The number of fused-ring (bicyclic) bond motifs is 1. The third-order valence-corrected chi connectivity index (χ3v) is 2.74. The molecule has 0 fully saturated rings. The standard InChI is InChI=1S/C11H15NO2/c13-6-9-3-1-2-8-4-5-10(7-14)12-11(8)9/h1-3,10,12-14H,4-7H2/t10-/m1/s1. The van der Waals surface area contributed by atoms with E-state index in [-0.39, 0.29) is 19.3 Å². The van der Waals surface area contributed by atoms with Crippen LogP contribution in [-0.2, 0) is 13.0 Å². The number of anilines is 1. The van der Waals surface area contributed by atoms with Crippen molar-refractivity contribution < 1.29 is 10.2 Å². The Labute approximate surface area is 83.4 Å². The summed E-state index contributed by atoms with van der Waals surface area (Å²) in [6.45, 7) is 0.202. The van der Waals surface area contributed by atoms with Gasteiger partial charge in [0.15, 0.2) is 0 Å². The lowest BCUT2D eigenvalue weighted by atomic mass is 9.96. The Morgan fingerprint density at radius 3 is 2.93 bits per heavy atom. The quantitative estimate of drug-likeness (QED) is 0.654. The van der Waals surface area contributed by atoms with E-state index in [1.165, 1.54) is 5.56 Å². The van der Waals surface area contributed by atoms with Crippen LogP contribution < -0.4 is 5.32 Å². The summed E-state index contributed by atoms with van der Waals surface area (Å²) in [7, 11) is 0. The summed E-state index contributed by atoms with van der Waals surface area (Å²) in [6, 6.07) is 6.07. The summed E-state index contributed by atoms with van der Waals surface area (Å²) in [6.07, 6.45) is 1.93. The molecule has 1 aromatic carbocycles. The molecule has 0 spiro atoms. The van der Waals surface area contributed by atoms with Crippen molar-refractivity contribution in [2.24, 2.45) is 0 Å². The van der Waals surface area contributed by atoms with Gasteiger partial charge < -0.3 is 15.5 Å². The zero-order valence-corrected chi connectivity index (χ0v) is 8.03. The Kier molecular flexibility index (Phi) is 2.70. The summed E-state index contributed by atoms with van der Waals surface area (Å²) in [5.41, 5.74) is 3.17. The summed E-state index contributed by atoms with van der Waals surface area (Å²) in [5, 5.41) is 21.5. The van der Waals surface area contributed by atoms with Gasteiger partial charge in [0, 0.05) is 17.3 Å². The van der Waals surface area contributed by atoms with Gasteiger partial charge in [0.2, 0.25) is 0 Å². The molecular formula is C11H15NO2. The highest BCUT2D eigenvalue weighted by Gasteiger charge is 2.18. The van der Waals surface area contributed by atoms with Gasteiger partial charge in [0.1, 0.15) is 0 Å². The summed E-state index contributed by atoms with van der Waals surface area (Å²) in [5.74, 6) is 0. The fourth-order valence-electron chi connectivity index (χ4n) is 1.92. The second-order valence-corrected chi connectivity index (χ2v) is 3.67. The van der Waals surface area contributed by atoms with E-state index in [4.69, 9.17) is 10.2 Å². The minimum atomic E-state index is 0.0499. The molecule has 1 atom stereocenters. The number of hydrogen-bond donors (Lipinski definition) is 3. The third-order valence-electron chi connectivity index (χ3n) is 2.74. The van der Waals surface area contributed by atoms with Gasteiger partial charge in [-0.15, -0.1) is 0 Å². The zero-order chi connectivity index (χ0) is 9.97. The first kappa shape index (κ1) is 9.49. The number of aryl methyl sites for hydroxylation is 1. The molecule has 14 heavy (non-hydrogen) atoms. The first-order valence-corrected chi connectivity index (χ1v) is 4.94. The monoisotopic (exact) mass is 193 g/mol. The molecule has 1 aliphatic rings. The van der Waals surface area contributed by atoms with E-state index in [0.29, 0.717) is 0 Å². The number of aliphatic hydroxyl groups is 2. The van der Waals surface area contributed by atoms with E-state index in [1.807, 2.05) is 12.1 Å². The molecule has 1 aliphatic heterocycles. The van der Waals surface area contributed by atoms with Crippen LogP contribution in [0.5, 0.6) is 0 Å². The van der Waals surface area contributed by atoms with Crippen LogP contribution in [0.3, 0.4) is 0 Å². The van der Waals surface area contributed by atoms with Gasteiger partial charge in [-0.05, 0) is 18.4 Å². The van der Waals surface area contributed by atoms with Gasteiger partial charge >= 0.3 is 0 Å². The minimum absolute atomic E-state index is 0.0499. The molecule has 0 unspecified atom stereocenters. The Bertz CT molecular complexity index is 311. The van der Waals surface area contributed by atoms with Crippen LogP contribution in [0, 0.1) is 0 Å². The predicted octanol–water partition coefficient (Wildman–Crippen LogP) is 0.898. The summed E-state index contributed by atoms with van der Waals surface area (Å²) in [4.78, 5) is 0. The number of para-hydroxylation sites is 1. The highest BCUT2D eigenvalue weighted by Crippen LogP contribution is 2.28. The molecule has 0 aromatic heterocycles. The van der Waals surface area contributed by atoms with Crippen LogP contribution in [0.1, 0.15) is 17.5 Å². The SMILES string of the molecule is OCc1cccc2c1N[C@@H](CO)CC2. The van der Waals surface area contributed by atoms with Gasteiger partial charge in [0.25, 0.3) is 0 Å². The fourth-order valence-corrected chi connectivity index (χ4v) is 1.92. The largest absolute Gasteiger partial charge is 0.394 e. The van der Waals surface area contributed by atoms with E-state index in [2.05, 4.69) is 11.4 Å². The molecule has 2 rings (SSSR count). The third kappa shape index (κ3) is 1.61. The van der Waals surface area contributed by atoms with Crippen molar-refractivity contribution in [3.8, 4) is 0 Å². The van der Waals surface area contributed by atoms with Gasteiger partial charge in [-0.3, -0.25) is 0 Å². The molecule has 3 N–H and O–H groups in total. The fraction of sp³-hybridized carbons (Fsp3) is 0.455. The average Bonchev–Trinajstić information content (AvgIpc) is 2.27. The van der Waals surface area contributed by atoms with E-state index < -0.39 is 0 Å². The maximum absolute atomic E-state index is 9.15. The van der Waals surface area contributed by atoms with Crippen molar-refractivity contribution >= 4 is 5.69 Å². The van der Waals surface area contributed by atoms with E-state index in [0.717, 1.165) is 24.1 Å². The second-order valence-electron chi connectivity index (χ2n) is 3.67. The number of aliphatic hydroxyl groups excluding tert-OH is 2. The maximum Gasteiger partial charge on any atom is 0.0702 e. The van der Waals surface area contributed by atoms with Gasteiger partial charge in [0.05, 0.1) is 13.2 Å². The van der Waals surface area contributed by atoms with E-state index in [9.17, 15) is 0 Å². The van der Waals surface area contributed by atoms with Crippen LogP contribution in [-0.4, -0.2) is 22.9 Å². The lowest BCUT2D eigenvalue weighted by Gasteiger charge is -2.27. The predicted molar refractivity (Wildman–Crippen MR) is 55.2 cm³/mol. The Hall–Kier alpha value is -1.06. The van der Waals surface area contributed by atoms with Crippen LogP contribution in [0.2, 0.25) is 0 Å². The normalized spacial score (nSPS) is 20.0. The van der Waals surface area contributed by atoms with Gasteiger partial charge in [-0.1, -0.05) is 18.2 Å². The molecule has 0 saturated heterocycles. The second kappa shape index (κ2) is 3.98. The van der Waals surface area contributed by atoms with Crippen LogP contribution in [0.15, 0.2) is 18.2 Å². The van der Waals surface area contributed by atoms with Crippen molar-refractivity contribution in [2.45, 2.75) is 25.5 Å². The number of rotatable bonds is 2. The molecule has 0 radical (unpaired) electrons. The minimum Gasteiger partial charge on any atom is -0.394 e. The van der Waals surface area contributed by atoms with Crippen LogP contribution >= 0.6 is 0 Å². The van der Waals surface area contributed by atoms with Crippen LogP contribution in [0.4, 0.5) is 5.69 Å². The molecule has 0 amide bonds. The summed E-state index contributed by atoms with van der Waals surface area (Å²) < 4.78 is 0. The Morgan fingerprint density at radius 2 is 2.21 bits per heavy atom. The zero-order valence-electron chi connectivity index (χ0n) is 8.03. The Morgan fingerprint density at radius 1 is 1.36 bits per heavy atom. The van der Waals surface area contributed by atoms with Crippen molar-refractivity contribution in [2.75, 3.05) is 11.9 Å². The molecule has 1 aromatic rings. The average molecular weight is 193 g/mol. The van der Waals surface area contributed by atoms with Crippen molar-refractivity contribution in [1.29, 1.82) is 0 Å². The molecule has 1 heterocycles. The highest BCUT2D eigenvalue weighted by molar-refractivity contribution is 5.59. The van der Waals surface area contributed by atoms with Crippen molar-refractivity contribution in [3.05, 3.63) is 29.3 Å². The number of hydrogen-bond acceptors (Lipinski definition) is 3. The molecule has 0 bridgehead atoms. The van der Waals surface area contributed by atoms with Gasteiger partial charge in [-0.2, -0.15) is 0 Å². The first-order chi connectivity index (χ1) is 6.85. The number of benzene rings is 1.